The summed E-state index contributed by atoms with van der Waals surface area (Å²) in [6.07, 6.45) is 2.61. The van der Waals surface area contributed by atoms with Gasteiger partial charge in [0, 0.05) is 31.9 Å². The van der Waals surface area contributed by atoms with Gasteiger partial charge < -0.3 is 9.84 Å². The predicted octanol–water partition coefficient (Wildman–Crippen LogP) is 1.37. The molecule has 1 N–H and O–H groups in total. The van der Waals surface area contributed by atoms with Gasteiger partial charge in [0.2, 0.25) is 11.7 Å². The SMILES string of the molecule is COCCS(=O)(=O)c1c(S(C)(=O)=O)ccc(C(=O)c2c(C3CC3)nn(C)c2O)c1C. The van der Waals surface area contributed by atoms with Crippen LogP contribution in [0.25, 0.3) is 0 Å². The van der Waals surface area contributed by atoms with Crippen LogP contribution in [0.15, 0.2) is 21.9 Å². The molecule has 0 unspecified atom stereocenters. The van der Waals surface area contributed by atoms with Crippen LogP contribution in [0, 0.1) is 6.92 Å². The lowest BCUT2D eigenvalue weighted by atomic mass is 9.98. The minimum absolute atomic E-state index is 0.00333. The third-order valence-electron chi connectivity index (χ3n) is 5.12. The van der Waals surface area contributed by atoms with Crippen LogP contribution < -0.4 is 0 Å². The number of carbonyl (C=O) groups excluding carboxylic acids is 1. The predicted molar refractivity (Wildman–Crippen MR) is 108 cm³/mol. The van der Waals surface area contributed by atoms with Gasteiger partial charge in [-0.2, -0.15) is 5.10 Å². The Kier molecular flexibility index (Phi) is 5.82. The van der Waals surface area contributed by atoms with Gasteiger partial charge in [-0.25, -0.2) is 21.5 Å². The quantitative estimate of drug-likeness (QED) is 0.589. The molecule has 9 nitrogen and oxygen atoms in total. The maximum atomic E-state index is 13.3. The van der Waals surface area contributed by atoms with E-state index in [2.05, 4.69) is 5.10 Å². The molecule has 1 fully saturated rings. The van der Waals surface area contributed by atoms with Gasteiger partial charge in [0.1, 0.15) is 5.56 Å². The van der Waals surface area contributed by atoms with Crippen LogP contribution in [0.5, 0.6) is 5.88 Å². The van der Waals surface area contributed by atoms with Crippen molar-refractivity contribution in [2.24, 2.45) is 7.05 Å². The second-order valence-electron chi connectivity index (χ2n) is 7.46. The molecule has 0 saturated heterocycles. The smallest absolute Gasteiger partial charge is 0.220 e. The Balaban J connectivity index is 2.23. The van der Waals surface area contributed by atoms with Crippen molar-refractivity contribution in [2.75, 3.05) is 25.7 Å². The van der Waals surface area contributed by atoms with E-state index < -0.39 is 36.1 Å². The van der Waals surface area contributed by atoms with Gasteiger partial charge in [0.25, 0.3) is 0 Å². The lowest BCUT2D eigenvalue weighted by molar-refractivity contribution is 0.103. The standard InChI is InChI=1S/C19H24N2O7S2/c1-11-13(17(22)15-16(12-5-6-12)20-21(2)19(15)23)7-8-14(29(4,24)25)18(11)30(26,27)10-9-28-3/h7-8,12,23H,5-6,9-10H2,1-4H3. The molecule has 0 aliphatic heterocycles. The molecule has 1 heterocycles. The molecular formula is C19H24N2O7S2. The highest BCUT2D eigenvalue weighted by Gasteiger charge is 2.36. The average Bonchev–Trinajstić information content (AvgIpc) is 3.45. The fourth-order valence-corrected chi connectivity index (χ4v) is 6.60. The van der Waals surface area contributed by atoms with E-state index in [-0.39, 0.29) is 40.0 Å². The molecule has 0 bridgehead atoms. The van der Waals surface area contributed by atoms with Crippen molar-refractivity contribution in [1.82, 2.24) is 9.78 Å². The van der Waals surface area contributed by atoms with Crippen LogP contribution >= 0.6 is 0 Å². The molecule has 3 rings (SSSR count). The van der Waals surface area contributed by atoms with Gasteiger partial charge in [-0.3, -0.25) is 4.79 Å². The normalized spacial score (nSPS) is 14.8. The minimum atomic E-state index is -4.06. The van der Waals surface area contributed by atoms with Gasteiger partial charge in [-0.15, -0.1) is 0 Å². The van der Waals surface area contributed by atoms with Crippen molar-refractivity contribution in [1.29, 1.82) is 0 Å². The van der Waals surface area contributed by atoms with Crippen molar-refractivity contribution in [3.8, 4) is 5.88 Å². The number of benzene rings is 1. The number of ether oxygens (including phenoxy) is 1. The van der Waals surface area contributed by atoms with Gasteiger partial charge in [-0.1, -0.05) is 0 Å². The van der Waals surface area contributed by atoms with Crippen molar-refractivity contribution >= 4 is 25.5 Å². The summed E-state index contributed by atoms with van der Waals surface area (Å²) in [5, 5.41) is 14.6. The molecule has 30 heavy (non-hydrogen) atoms. The molecule has 0 radical (unpaired) electrons. The van der Waals surface area contributed by atoms with Crippen LogP contribution in [0.1, 0.15) is 45.9 Å². The first-order chi connectivity index (χ1) is 13.9. The van der Waals surface area contributed by atoms with E-state index in [1.807, 2.05) is 0 Å². The number of aromatic hydroxyl groups is 1. The Labute approximate surface area is 175 Å². The zero-order valence-electron chi connectivity index (χ0n) is 17.2. The summed E-state index contributed by atoms with van der Waals surface area (Å²) < 4.78 is 56.4. The van der Waals surface area contributed by atoms with Crippen LogP contribution in [-0.4, -0.2) is 63.2 Å². The van der Waals surface area contributed by atoms with E-state index in [0.717, 1.165) is 25.2 Å². The maximum Gasteiger partial charge on any atom is 0.220 e. The molecule has 0 amide bonds. The fourth-order valence-electron chi connectivity index (χ4n) is 3.42. The fraction of sp³-hybridized carbons (Fsp3) is 0.474. The highest BCUT2D eigenvalue weighted by atomic mass is 32.2. The molecule has 1 aliphatic carbocycles. The number of methoxy groups -OCH3 is 1. The van der Waals surface area contributed by atoms with E-state index >= 15 is 0 Å². The monoisotopic (exact) mass is 456 g/mol. The summed E-state index contributed by atoms with van der Waals surface area (Å²) in [5.41, 5.74) is 0.512. The summed E-state index contributed by atoms with van der Waals surface area (Å²) >= 11 is 0. The zero-order valence-corrected chi connectivity index (χ0v) is 18.8. The third-order valence-corrected chi connectivity index (χ3v) is 8.24. The van der Waals surface area contributed by atoms with Crippen molar-refractivity contribution < 1.29 is 31.5 Å². The molecule has 1 aromatic heterocycles. The van der Waals surface area contributed by atoms with Crippen LogP contribution in [-0.2, 0) is 31.5 Å². The number of sulfone groups is 2. The maximum absolute atomic E-state index is 13.3. The summed E-state index contributed by atoms with van der Waals surface area (Å²) in [7, 11) is -5.10. The molecule has 2 aromatic rings. The first-order valence-electron chi connectivity index (χ1n) is 9.26. The second kappa shape index (κ2) is 7.78. The zero-order chi connectivity index (χ0) is 22.4. The van der Waals surface area contributed by atoms with Crippen molar-refractivity contribution in [2.45, 2.75) is 35.5 Å². The number of hydrogen-bond donors (Lipinski definition) is 1. The number of aryl methyl sites for hydroxylation is 1. The van der Waals surface area contributed by atoms with Gasteiger partial charge in [0.15, 0.2) is 19.7 Å². The van der Waals surface area contributed by atoms with Crippen LogP contribution in [0.3, 0.4) is 0 Å². The Morgan fingerprint density at radius 2 is 1.90 bits per heavy atom. The summed E-state index contributed by atoms with van der Waals surface area (Å²) in [5.74, 6) is -1.27. The Morgan fingerprint density at radius 3 is 2.43 bits per heavy atom. The van der Waals surface area contributed by atoms with E-state index in [1.54, 1.807) is 0 Å². The van der Waals surface area contributed by atoms with E-state index in [9.17, 15) is 26.7 Å². The number of carbonyl (C=O) groups is 1. The summed E-state index contributed by atoms with van der Waals surface area (Å²) in [6, 6.07) is 2.41. The summed E-state index contributed by atoms with van der Waals surface area (Å²) in [4.78, 5) is 12.5. The lowest BCUT2D eigenvalue weighted by Gasteiger charge is -2.15. The molecule has 1 saturated carbocycles. The first kappa shape index (κ1) is 22.4. The highest BCUT2D eigenvalue weighted by Crippen LogP contribution is 2.44. The first-order valence-corrected chi connectivity index (χ1v) is 12.8. The van der Waals surface area contributed by atoms with Crippen LogP contribution in [0.2, 0.25) is 0 Å². The molecule has 164 valence electrons. The summed E-state index contributed by atoms with van der Waals surface area (Å²) in [6.45, 7) is 1.27. The minimum Gasteiger partial charge on any atom is -0.493 e. The topological polar surface area (TPSA) is 133 Å². The number of ketones is 1. The average molecular weight is 457 g/mol. The molecule has 11 heteroatoms. The highest BCUT2D eigenvalue weighted by molar-refractivity contribution is 7.94. The molecule has 0 spiro atoms. The Morgan fingerprint density at radius 1 is 1.27 bits per heavy atom. The lowest BCUT2D eigenvalue weighted by Crippen LogP contribution is -2.19. The second-order valence-corrected chi connectivity index (χ2v) is 11.5. The van der Waals surface area contributed by atoms with Gasteiger partial charge in [0.05, 0.1) is 27.8 Å². The molecular weight excluding hydrogens is 432 g/mol. The molecule has 1 aromatic carbocycles. The number of aromatic nitrogens is 2. The molecule has 0 atom stereocenters. The van der Waals surface area contributed by atoms with Crippen molar-refractivity contribution in [3.63, 3.8) is 0 Å². The third kappa shape index (κ3) is 4.01. The van der Waals surface area contributed by atoms with Crippen molar-refractivity contribution in [3.05, 3.63) is 34.5 Å². The largest absolute Gasteiger partial charge is 0.493 e. The Bertz CT molecular complexity index is 1220. The Hall–Kier alpha value is -2.24. The van der Waals surface area contributed by atoms with Crippen LogP contribution in [0.4, 0.5) is 0 Å². The van der Waals surface area contributed by atoms with E-state index in [1.165, 1.54) is 31.8 Å². The van der Waals surface area contributed by atoms with E-state index in [0.29, 0.717) is 5.69 Å². The number of rotatable bonds is 8. The number of hydrogen-bond acceptors (Lipinski definition) is 8. The number of nitrogens with zero attached hydrogens (tertiary/aromatic N) is 2. The van der Waals surface area contributed by atoms with Gasteiger partial charge in [-0.05, 0) is 37.5 Å². The van der Waals surface area contributed by atoms with E-state index in [4.69, 9.17) is 4.74 Å². The molecule has 1 aliphatic rings. The van der Waals surface area contributed by atoms with Gasteiger partial charge >= 0.3 is 0 Å².